The Morgan fingerprint density at radius 3 is 2.40 bits per heavy atom. The normalized spacial score (nSPS) is 16.6. The number of benzene rings is 2. The van der Waals surface area contributed by atoms with E-state index in [0.29, 0.717) is 35.5 Å². The molecule has 0 bridgehead atoms. The van der Waals surface area contributed by atoms with Crippen LogP contribution in [0.3, 0.4) is 0 Å². The molecule has 1 aliphatic rings. The molecule has 0 radical (unpaired) electrons. The summed E-state index contributed by atoms with van der Waals surface area (Å²) in [6.07, 6.45) is 2.35. The highest BCUT2D eigenvalue weighted by Gasteiger charge is 2.35. The van der Waals surface area contributed by atoms with Crippen LogP contribution < -0.4 is 5.73 Å². The fraction of sp³-hybridized carbons (Fsp3) is 0.429. The number of rotatable bonds is 9. The molecule has 0 unspecified atom stereocenters. The fourth-order valence-corrected chi connectivity index (χ4v) is 4.58. The summed E-state index contributed by atoms with van der Waals surface area (Å²) in [4.78, 5) is 40.9. The lowest BCUT2D eigenvalue weighted by Gasteiger charge is -2.29. The van der Waals surface area contributed by atoms with Gasteiger partial charge in [-0.05, 0) is 45.6 Å². The van der Waals surface area contributed by atoms with Crippen LogP contribution in [0.2, 0.25) is 0 Å². The molecule has 7 heteroatoms. The molecule has 1 saturated heterocycles. The second-order valence-electron chi connectivity index (χ2n) is 9.91. The van der Waals surface area contributed by atoms with Crippen molar-refractivity contribution < 1.29 is 19.1 Å². The zero-order valence-electron chi connectivity index (χ0n) is 20.7. The van der Waals surface area contributed by atoms with Crippen LogP contribution in [-0.4, -0.2) is 51.7 Å². The van der Waals surface area contributed by atoms with Crippen LogP contribution in [0.5, 0.6) is 0 Å². The second-order valence-corrected chi connectivity index (χ2v) is 10.4. The number of thiocarbonyl (C=S) groups is 1. The average molecular weight is 495 g/mol. The highest BCUT2D eigenvalue weighted by atomic mass is 32.1. The van der Waals surface area contributed by atoms with Crippen molar-refractivity contribution in [1.82, 2.24) is 4.90 Å². The lowest BCUT2D eigenvalue weighted by atomic mass is 9.93. The van der Waals surface area contributed by atoms with E-state index in [-0.39, 0.29) is 30.4 Å². The van der Waals surface area contributed by atoms with Gasteiger partial charge in [-0.2, -0.15) is 0 Å². The Kier molecular flexibility index (Phi) is 8.92. The summed E-state index contributed by atoms with van der Waals surface area (Å²) in [5.74, 6) is -0.494. The van der Waals surface area contributed by atoms with Gasteiger partial charge in [-0.1, -0.05) is 66.8 Å². The third-order valence-corrected chi connectivity index (χ3v) is 6.43. The second kappa shape index (κ2) is 11.7. The van der Waals surface area contributed by atoms with Crippen LogP contribution in [0.15, 0.2) is 54.6 Å². The Balaban J connectivity index is 1.58. The molecule has 2 aromatic rings. The molecule has 3 rings (SSSR count). The summed E-state index contributed by atoms with van der Waals surface area (Å²) in [5, 5.41) is 0. The third-order valence-electron chi connectivity index (χ3n) is 5.99. The number of ether oxygens (including phenoxy) is 1. The third kappa shape index (κ3) is 7.29. The van der Waals surface area contributed by atoms with Crippen molar-refractivity contribution in [3.05, 3.63) is 71.3 Å². The van der Waals surface area contributed by atoms with E-state index in [1.54, 1.807) is 18.2 Å². The molecular weight excluding hydrogens is 460 g/mol. The molecule has 1 aliphatic heterocycles. The van der Waals surface area contributed by atoms with E-state index in [2.05, 4.69) is 0 Å². The first-order chi connectivity index (χ1) is 16.6. The minimum atomic E-state index is -0.747. The molecule has 0 saturated carbocycles. The molecule has 35 heavy (non-hydrogen) atoms. The minimum absolute atomic E-state index is 0.0933. The van der Waals surface area contributed by atoms with Crippen molar-refractivity contribution in [2.75, 3.05) is 6.54 Å². The number of nitrogens with zero attached hydrogens (tertiary/aromatic N) is 1. The van der Waals surface area contributed by atoms with Crippen molar-refractivity contribution in [2.24, 2.45) is 5.73 Å². The van der Waals surface area contributed by atoms with Crippen LogP contribution in [0.4, 0.5) is 0 Å². The number of likely N-dealkylation sites (tertiary alicyclic amines) is 1. The van der Waals surface area contributed by atoms with Gasteiger partial charge in [0.15, 0.2) is 5.78 Å². The Hall–Kier alpha value is -2.90. The van der Waals surface area contributed by atoms with Gasteiger partial charge in [0.05, 0.1) is 11.0 Å². The number of ketones is 2. The van der Waals surface area contributed by atoms with Crippen molar-refractivity contribution in [2.45, 2.75) is 70.6 Å². The zero-order valence-corrected chi connectivity index (χ0v) is 21.5. The largest absolute Gasteiger partial charge is 0.458 e. The molecule has 2 aromatic carbocycles. The van der Waals surface area contributed by atoms with Crippen LogP contribution >= 0.6 is 12.2 Å². The molecule has 0 aromatic heterocycles. The summed E-state index contributed by atoms with van der Waals surface area (Å²) in [7, 11) is 0. The van der Waals surface area contributed by atoms with Gasteiger partial charge >= 0.3 is 5.97 Å². The summed E-state index contributed by atoms with van der Waals surface area (Å²) in [5.41, 5.74) is 7.58. The molecular formula is C28H34N2O4S. The van der Waals surface area contributed by atoms with E-state index >= 15 is 0 Å². The van der Waals surface area contributed by atoms with Crippen molar-refractivity contribution in [3.8, 4) is 0 Å². The Bertz CT molecular complexity index is 1080. The SMILES string of the molecule is CC(C)(C)OC(=O)[C@@H]1CCCN1C(=S)CCC(=O)[C@@H](N)Cc1ccccc1C(=O)c1ccccc1. The average Bonchev–Trinajstić information content (AvgIpc) is 3.32. The number of nitrogens with two attached hydrogens (primary N) is 1. The highest BCUT2D eigenvalue weighted by molar-refractivity contribution is 7.80. The van der Waals surface area contributed by atoms with Gasteiger partial charge in [0.2, 0.25) is 0 Å². The molecule has 0 amide bonds. The van der Waals surface area contributed by atoms with Crippen molar-refractivity contribution in [1.29, 1.82) is 0 Å². The highest BCUT2D eigenvalue weighted by Crippen LogP contribution is 2.23. The number of hydrogen-bond acceptors (Lipinski definition) is 6. The van der Waals surface area contributed by atoms with E-state index in [1.165, 1.54) is 0 Å². The molecule has 2 atom stereocenters. The Morgan fingerprint density at radius 2 is 1.71 bits per heavy atom. The first kappa shape index (κ1) is 26.7. The summed E-state index contributed by atoms with van der Waals surface area (Å²) in [6, 6.07) is 15.1. The quantitative estimate of drug-likeness (QED) is 0.316. The van der Waals surface area contributed by atoms with E-state index in [9.17, 15) is 14.4 Å². The van der Waals surface area contributed by atoms with Gasteiger partial charge in [0.25, 0.3) is 0 Å². The summed E-state index contributed by atoms with van der Waals surface area (Å²) in [6.45, 7) is 6.20. The smallest absolute Gasteiger partial charge is 0.329 e. The molecule has 1 fully saturated rings. The fourth-order valence-electron chi connectivity index (χ4n) is 4.25. The van der Waals surface area contributed by atoms with Gasteiger partial charge in [-0.3, -0.25) is 9.59 Å². The van der Waals surface area contributed by atoms with Gasteiger partial charge < -0.3 is 15.4 Å². The number of hydrogen-bond donors (Lipinski definition) is 1. The number of carbonyl (C=O) groups excluding carboxylic acids is 3. The Morgan fingerprint density at radius 1 is 1.06 bits per heavy atom. The van der Waals surface area contributed by atoms with Gasteiger partial charge in [-0.25, -0.2) is 4.79 Å². The lowest BCUT2D eigenvalue weighted by molar-refractivity contribution is -0.159. The van der Waals surface area contributed by atoms with Crippen molar-refractivity contribution in [3.63, 3.8) is 0 Å². The maximum atomic E-state index is 13.0. The Labute approximate surface area is 212 Å². The van der Waals surface area contributed by atoms with E-state index in [0.717, 1.165) is 12.0 Å². The first-order valence-electron chi connectivity index (χ1n) is 12.0. The van der Waals surface area contributed by atoms with E-state index in [4.69, 9.17) is 22.7 Å². The van der Waals surface area contributed by atoms with Gasteiger partial charge in [0.1, 0.15) is 17.4 Å². The first-order valence-corrected chi connectivity index (χ1v) is 12.5. The topological polar surface area (TPSA) is 89.7 Å². The number of carbonyl (C=O) groups is 3. The van der Waals surface area contributed by atoms with Crippen LogP contribution in [-0.2, 0) is 20.7 Å². The van der Waals surface area contributed by atoms with Gasteiger partial charge in [0, 0.05) is 30.5 Å². The minimum Gasteiger partial charge on any atom is -0.458 e. The molecule has 0 aliphatic carbocycles. The van der Waals surface area contributed by atoms with Crippen LogP contribution in [0, 0.1) is 0 Å². The molecule has 6 nitrogen and oxygen atoms in total. The van der Waals surface area contributed by atoms with E-state index in [1.807, 2.05) is 62.1 Å². The maximum absolute atomic E-state index is 13.0. The molecule has 186 valence electrons. The monoisotopic (exact) mass is 494 g/mol. The van der Waals surface area contributed by atoms with Crippen molar-refractivity contribution >= 4 is 34.7 Å². The predicted molar refractivity (Wildman–Crippen MR) is 140 cm³/mol. The molecule has 0 spiro atoms. The molecule has 1 heterocycles. The summed E-state index contributed by atoms with van der Waals surface area (Å²) >= 11 is 5.58. The number of Topliss-reactive ketones (excluding diaryl/α,β-unsaturated/α-hetero) is 1. The predicted octanol–water partition coefficient (Wildman–Crippen LogP) is 4.27. The van der Waals surface area contributed by atoms with Gasteiger partial charge in [-0.15, -0.1) is 0 Å². The maximum Gasteiger partial charge on any atom is 0.329 e. The lowest BCUT2D eigenvalue weighted by Crippen LogP contribution is -2.43. The van der Waals surface area contributed by atoms with Crippen LogP contribution in [0.25, 0.3) is 0 Å². The summed E-state index contributed by atoms with van der Waals surface area (Å²) < 4.78 is 5.54. The number of esters is 1. The molecule has 2 N–H and O–H groups in total. The zero-order chi connectivity index (χ0) is 25.6. The standard InChI is InChI=1S/C28H34N2O4S/c1-28(2,3)34-27(33)23-14-9-17-30(23)25(35)16-15-24(31)22(29)18-20-12-7-8-13-21(20)26(32)19-10-5-4-6-11-19/h4-8,10-13,22-23H,9,14-18,29H2,1-3H3/t22-,23-/m0/s1. The van der Waals surface area contributed by atoms with Crippen LogP contribution in [0.1, 0.15) is 67.9 Å². The van der Waals surface area contributed by atoms with E-state index < -0.39 is 17.7 Å².